The van der Waals surface area contributed by atoms with Crippen LogP contribution in [-0.4, -0.2) is 36.5 Å². The summed E-state index contributed by atoms with van der Waals surface area (Å²) in [6, 6.07) is 13.5. The number of anilines is 1. The first-order valence-electron chi connectivity index (χ1n) is 10.4. The lowest BCUT2D eigenvalue weighted by molar-refractivity contribution is -0.384. The number of rotatable bonds is 7. The zero-order chi connectivity index (χ0) is 22.4. The molecule has 0 aliphatic carbocycles. The number of esters is 1. The van der Waals surface area contributed by atoms with Gasteiger partial charge in [0.2, 0.25) is 0 Å². The molecule has 1 aliphatic rings. The quantitative estimate of drug-likeness (QED) is 0.411. The number of carbonyl (C=O) groups excluding carboxylic acids is 2. The van der Waals surface area contributed by atoms with Crippen LogP contribution in [0.2, 0.25) is 0 Å². The molecule has 0 unspecified atom stereocenters. The fraction of sp³-hybridized carbons (Fsp3) is 0.391. The van der Waals surface area contributed by atoms with Gasteiger partial charge < -0.3 is 15.0 Å². The van der Waals surface area contributed by atoms with E-state index in [4.69, 9.17) is 4.74 Å². The third-order valence-electron chi connectivity index (χ3n) is 5.42. The van der Waals surface area contributed by atoms with Crippen molar-refractivity contribution in [2.45, 2.75) is 32.7 Å². The number of hydrogen-bond donors (Lipinski definition) is 1. The third kappa shape index (κ3) is 5.81. The smallest absolute Gasteiger partial charge is 0.338 e. The summed E-state index contributed by atoms with van der Waals surface area (Å²) in [4.78, 5) is 37.6. The van der Waals surface area contributed by atoms with E-state index in [2.05, 4.69) is 12.2 Å². The topological polar surface area (TPSA) is 102 Å². The second-order valence-electron chi connectivity index (χ2n) is 7.93. The lowest BCUT2D eigenvalue weighted by Crippen LogP contribution is -2.34. The number of nitro benzene ring substituents is 1. The zero-order valence-corrected chi connectivity index (χ0v) is 17.7. The minimum Gasteiger partial charge on any atom is -0.452 e. The van der Waals surface area contributed by atoms with E-state index in [0.717, 1.165) is 31.5 Å². The molecule has 0 spiro atoms. The first kappa shape index (κ1) is 22.3. The molecule has 8 heteroatoms. The van der Waals surface area contributed by atoms with Gasteiger partial charge in [-0.1, -0.05) is 37.3 Å². The number of nitrogens with one attached hydrogen (secondary N) is 1. The van der Waals surface area contributed by atoms with Gasteiger partial charge in [-0.15, -0.1) is 0 Å². The Labute approximate surface area is 181 Å². The van der Waals surface area contributed by atoms with E-state index in [9.17, 15) is 19.7 Å². The van der Waals surface area contributed by atoms with Crippen LogP contribution in [0.1, 0.15) is 48.7 Å². The third-order valence-corrected chi connectivity index (χ3v) is 5.42. The zero-order valence-electron chi connectivity index (χ0n) is 17.7. The number of carbonyl (C=O) groups is 2. The van der Waals surface area contributed by atoms with E-state index in [1.54, 1.807) is 6.07 Å². The number of amides is 1. The van der Waals surface area contributed by atoms with Crippen molar-refractivity contribution < 1.29 is 19.2 Å². The molecule has 31 heavy (non-hydrogen) atoms. The Bertz CT molecular complexity index is 947. The predicted octanol–water partition coefficient (Wildman–Crippen LogP) is 3.87. The van der Waals surface area contributed by atoms with Crippen molar-refractivity contribution >= 4 is 23.3 Å². The fourth-order valence-corrected chi connectivity index (χ4v) is 3.79. The van der Waals surface area contributed by atoms with Crippen molar-refractivity contribution in [3.05, 3.63) is 69.8 Å². The average molecular weight is 425 g/mol. The molecule has 0 bridgehead atoms. The normalized spacial score (nSPS) is 17.0. The summed E-state index contributed by atoms with van der Waals surface area (Å²) >= 11 is 0. The van der Waals surface area contributed by atoms with Crippen LogP contribution in [0.5, 0.6) is 0 Å². The second kappa shape index (κ2) is 10.1. The minimum absolute atomic E-state index is 0.0458. The van der Waals surface area contributed by atoms with E-state index in [1.807, 2.05) is 42.2 Å². The van der Waals surface area contributed by atoms with Crippen molar-refractivity contribution in [2.24, 2.45) is 5.92 Å². The molecule has 0 aromatic heterocycles. The maximum atomic E-state index is 12.4. The SMILES string of the molecule is C[C@H]1CCCN(c2ccc(C(=O)OCC(=O)N[C@@H](C)c3ccccc3)cc2[N+](=O)[O-])C1. The molecule has 3 rings (SSSR count). The van der Waals surface area contributed by atoms with Crippen LogP contribution in [0.4, 0.5) is 11.4 Å². The molecule has 8 nitrogen and oxygen atoms in total. The average Bonchev–Trinajstić information content (AvgIpc) is 2.77. The summed E-state index contributed by atoms with van der Waals surface area (Å²) in [5.41, 5.74) is 1.35. The highest BCUT2D eigenvalue weighted by Crippen LogP contribution is 2.32. The van der Waals surface area contributed by atoms with Gasteiger partial charge in [-0.25, -0.2) is 4.79 Å². The Balaban J connectivity index is 1.62. The highest BCUT2D eigenvalue weighted by atomic mass is 16.6. The summed E-state index contributed by atoms with van der Waals surface area (Å²) in [5.74, 6) is -0.767. The molecule has 1 saturated heterocycles. The van der Waals surface area contributed by atoms with Crippen molar-refractivity contribution in [3.8, 4) is 0 Å². The molecule has 1 fully saturated rings. The monoisotopic (exact) mass is 425 g/mol. The Morgan fingerprint density at radius 2 is 2.00 bits per heavy atom. The highest BCUT2D eigenvalue weighted by Gasteiger charge is 2.25. The van der Waals surface area contributed by atoms with Crippen LogP contribution in [0.15, 0.2) is 48.5 Å². The van der Waals surface area contributed by atoms with Crippen LogP contribution in [0, 0.1) is 16.0 Å². The van der Waals surface area contributed by atoms with E-state index >= 15 is 0 Å². The number of benzene rings is 2. The Kier molecular flexibility index (Phi) is 7.23. The van der Waals surface area contributed by atoms with Gasteiger partial charge in [-0.3, -0.25) is 14.9 Å². The fourth-order valence-electron chi connectivity index (χ4n) is 3.79. The Morgan fingerprint density at radius 3 is 2.68 bits per heavy atom. The van der Waals surface area contributed by atoms with Gasteiger partial charge in [-0.2, -0.15) is 0 Å². The molecule has 1 N–H and O–H groups in total. The summed E-state index contributed by atoms with van der Waals surface area (Å²) in [7, 11) is 0. The minimum atomic E-state index is -0.774. The number of ether oxygens (including phenoxy) is 1. The number of nitro groups is 1. The highest BCUT2D eigenvalue weighted by molar-refractivity contribution is 5.93. The molecule has 0 saturated carbocycles. The molecule has 1 aliphatic heterocycles. The number of piperidine rings is 1. The Hall–Kier alpha value is -3.42. The number of hydrogen-bond acceptors (Lipinski definition) is 6. The molecule has 1 heterocycles. The van der Waals surface area contributed by atoms with Gasteiger partial charge in [0.1, 0.15) is 5.69 Å². The van der Waals surface area contributed by atoms with E-state index in [1.165, 1.54) is 12.1 Å². The summed E-state index contributed by atoms with van der Waals surface area (Å²) in [5, 5.41) is 14.4. The standard InChI is InChI=1S/C23H27N3O5/c1-16-7-6-12-25(14-16)20-11-10-19(13-21(20)26(29)30)23(28)31-15-22(27)24-17(2)18-8-4-3-5-9-18/h3-5,8-11,13,16-17H,6-7,12,14-15H2,1-2H3,(H,24,27)/t16-,17-/m0/s1. The van der Waals surface area contributed by atoms with Crippen LogP contribution in [0.3, 0.4) is 0 Å². The Morgan fingerprint density at radius 1 is 1.26 bits per heavy atom. The largest absolute Gasteiger partial charge is 0.452 e. The van der Waals surface area contributed by atoms with Crippen molar-refractivity contribution in [2.75, 3.05) is 24.6 Å². The maximum absolute atomic E-state index is 12.4. The van der Waals surface area contributed by atoms with Gasteiger partial charge in [0.15, 0.2) is 6.61 Å². The first-order chi connectivity index (χ1) is 14.8. The van der Waals surface area contributed by atoms with Gasteiger partial charge in [0.05, 0.1) is 16.5 Å². The van der Waals surface area contributed by atoms with Crippen LogP contribution in [0.25, 0.3) is 0 Å². The van der Waals surface area contributed by atoms with Crippen LogP contribution >= 0.6 is 0 Å². The molecular formula is C23H27N3O5. The molecule has 2 atom stereocenters. The molecule has 164 valence electrons. The molecular weight excluding hydrogens is 398 g/mol. The van der Waals surface area contributed by atoms with E-state index in [0.29, 0.717) is 11.6 Å². The van der Waals surface area contributed by atoms with Gasteiger partial charge in [0.25, 0.3) is 11.6 Å². The summed E-state index contributed by atoms with van der Waals surface area (Å²) in [6.45, 7) is 4.97. The van der Waals surface area contributed by atoms with Crippen molar-refractivity contribution in [1.29, 1.82) is 0 Å². The van der Waals surface area contributed by atoms with Crippen molar-refractivity contribution in [3.63, 3.8) is 0 Å². The van der Waals surface area contributed by atoms with Gasteiger partial charge >= 0.3 is 5.97 Å². The van der Waals surface area contributed by atoms with Crippen LogP contribution in [-0.2, 0) is 9.53 Å². The lowest BCUT2D eigenvalue weighted by Gasteiger charge is -2.32. The van der Waals surface area contributed by atoms with Crippen LogP contribution < -0.4 is 10.2 Å². The van der Waals surface area contributed by atoms with E-state index < -0.39 is 23.4 Å². The summed E-state index contributed by atoms with van der Waals surface area (Å²) in [6.07, 6.45) is 2.07. The van der Waals surface area contributed by atoms with Crippen molar-refractivity contribution in [1.82, 2.24) is 5.32 Å². The maximum Gasteiger partial charge on any atom is 0.338 e. The van der Waals surface area contributed by atoms with E-state index in [-0.39, 0.29) is 17.3 Å². The summed E-state index contributed by atoms with van der Waals surface area (Å²) < 4.78 is 5.08. The van der Waals surface area contributed by atoms with Gasteiger partial charge in [0, 0.05) is 19.2 Å². The predicted molar refractivity (Wildman–Crippen MR) is 117 cm³/mol. The lowest BCUT2D eigenvalue weighted by atomic mass is 9.99. The second-order valence-corrected chi connectivity index (χ2v) is 7.93. The first-order valence-corrected chi connectivity index (χ1v) is 10.4. The molecule has 2 aromatic rings. The molecule has 0 radical (unpaired) electrons. The van der Waals surface area contributed by atoms with Gasteiger partial charge in [-0.05, 0) is 43.4 Å². The number of nitrogens with zero attached hydrogens (tertiary/aromatic N) is 2. The molecule has 1 amide bonds. The molecule has 2 aromatic carbocycles.